The van der Waals surface area contributed by atoms with Crippen molar-refractivity contribution < 1.29 is 9.90 Å². The Hall–Kier alpha value is -2.32. The SMILES string of the molecule is CC(C)Cn1c(O)c(C(=O)NC2CC2)c(=O)n2nc(C3=CCCNC3)cc12.Cl. The Morgan fingerprint density at radius 2 is 2.18 bits per heavy atom. The molecule has 9 heteroatoms. The van der Waals surface area contributed by atoms with Gasteiger partial charge in [-0.1, -0.05) is 19.9 Å². The molecule has 152 valence electrons. The van der Waals surface area contributed by atoms with Crippen LogP contribution < -0.4 is 16.2 Å². The molecule has 0 radical (unpaired) electrons. The van der Waals surface area contributed by atoms with Crippen LogP contribution in [0.15, 0.2) is 16.9 Å². The second kappa shape index (κ2) is 7.97. The maximum Gasteiger partial charge on any atom is 0.291 e. The highest BCUT2D eigenvalue weighted by atomic mass is 35.5. The molecule has 4 rings (SSSR count). The number of nitrogens with one attached hydrogen (secondary N) is 2. The van der Waals surface area contributed by atoms with Crippen molar-refractivity contribution in [2.24, 2.45) is 5.92 Å². The van der Waals surface area contributed by atoms with Crippen molar-refractivity contribution in [2.75, 3.05) is 13.1 Å². The molecule has 2 aromatic rings. The predicted molar refractivity (Wildman–Crippen MR) is 109 cm³/mol. The fourth-order valence-corrected chi connectivity index (χ4v) is 3.38. The predicted octanol–water partition coefficient (Wildman–Crippen LogP) is 1.55. The first-order chi connectivity index (χ1) is 13.0. The van der Waals surface area contributed by atoms with Gasteiger partial charge in [0.2, 0.25) is 5.88 Å². The first-order valence-electron chi connectivity index (χ1n) is 9.52. The third-order valence-electron chi connectivity index (χ3n) is 4.90. The van der Waals surface area contributed by atoms with Gasteiger partial charge in [0.1, 0.15) is 5.65 Å². The Kier molecular flexibility index (Phi) is 5.81. The standard InChI is InChI=1S/C19H25N5O3.ClH/c1-11(2)10-23-15-8-14(12-4-3-7-20-9-12)22-24(15)19(27)16(18(23)26)17(25)21-13-5-6-13;/h4,8,11,13,20,26H,3,5-7,9-10H2,1-2H3,(H,21,25);1H. The lowest BCUT2D eigenvalue weighted by molar-refractivity contribution is 0.0944. The zero-order valence-corrected chi connectivity index (χ0v) is 16.9. The van der Waals surface area contributed by atoms with Crippen molar-refractivity contribution in [3.63, 3.8) is 0 Å². The summed E-state index contributed by atoms with van der Waals surface area (Å²) < 4.78 is 2.86. The normalized spacial score (nSPS) is 16.8. The van der Waals surface area contributed by atoms with Crippen LogP contribution in [0.1, 0.15) is 49.2 Å². The molecule has 0 saturated heterocycles. The summed E-state index contributed by atoms with van der Waals surface area (Å²) in [5.74, 6) is -0.605. The quantitative estimate of drug-likeness (QED) is 0.698. The number of fused-ring (bicyclic) bond motifs is 1. The van der Waals surface area contributed by atoms with Crippen LogP contribution in [0.5, 0.6) is 5.88 Å². The number of nitrogens with zero attached hydrogens (tertiary/aromatic N) is 3. The molecule has 0 aromatic carbocycles. The minimum atomic E-state index is -0.587. The Bertz CT molecular complexity index is 988. The van der Waals surface area contributed by atoms with E-state index in [1.54, 1.807) is 4.57 Å². The van der Waals surface area contributed by atoms with Gasteiger partial charge in [-0.2, -0.15) is 9.61 Å². The summed E-state index contributed by atoms with van der Waals surface area (Å²) in [6.45, 7) is 6.11. The number of carbonyl (C=O) groups is 1. The van der Waals surface area contributed by atoms with Crippen LogP contribution in [-0.4, -0.2) is 44.3 Å². The smallest absolute Gasteiger partial charge is 0.291 e. The van der Waals surface area contributed by atoms with Crippen molar-refractivity contribution in [3.05, 3.63) is 33.8 Å². The van der Waals surface area contributed by atoms with Crippen molar-refractivity contribution in [3.8, 4) is 5.88 Å². The van der Waals surface area contributed by atoms with Gasteiger partial charge in [0.15, 0.2) is 5.56 Å². The second-order valence-corrected chi connectivity index (χ2v) is 7.75. The highest BCUT2D eigenvalue weighted by Gasteiger charge is 2.29. The summed E-state index contributed by atoms with van der Waals surface area (Å²) in [7, 11) is 0. The first-order valence-corrected chi connectivity index (χ1v) is 9.52. The lowest BCUT2D eigenvalue weighted by Gasteiger charge is -2.16. The highest BCUT2D eigenvalue weighted by Crippen LogP contribution is 2.24. The van der Waals surface area contributed by atoms with Gasteiger partial charge in [0.25, 0.3) is 11.5 Å². The van der Waals surface area contributed by atoms with E-state index < -0.39 is 11.5 Å². The number of aromatic hydroxyl groups is 1. The van der Waals surface area contributed by atoms with E-state index in [0.717, 1.165) is 31.4 Å². The summed E-state index contributed by atoms with van der Waals surface area (Å²) in [6, 6.07) is 1.91. The molecule has 1 aliphatic carbocycles. The van der Waals surface area contributed by atoms with E-state index in [9.17, 15) is 14.7 Å². The minimum Gasteiger partial charge on any atom is -0.494 e. The van der Waals surface area contributed by atoms with E-state index >= 15 is 0 Å². The molecule has 2 aromatic heterocycles. The van der Waals surface area contributed by atoms with Gasteiger partial charge in [0.05, 0.1) is 5.69 Å². The van der Waals surface area contributed by atoms with Crippen LogP contribution >= 0.6 is 12.4 Å². The topological polar surface area (TPSA) is 101 Å². The molecule has 3 N–H and O–H groups in total. The van der Waals surface area contributed by atoms with Gasteiger partial charge in [0, 0.05) is 25.2 Å². The van der Waals surface area contributed by atoms with E-state index in [0.29, 0.717) is 24.4 Å². The number of halogens is 1. The van der Waals surface area contributed by atoms with Crippen LogP contribution in [0.25, 0.3) is 11.2 Å². The average Bonchev–Trinajstić information content (AvgIpc) is 3.33. The molecular weight excluding hydrogens is 382 g/mol. The van der Waals surface area contributed by atoms with Gasteiger partial charge >= 0.3 is 0 Å². The number of rotatable bonds is 5. The van der Waals surface area contributed by atoms with Crippen LogP contribution in [0.2, 0.25) is 0 Å². The van der Waals surface area contributed by atoms with Gasteiger partial charge in [-0.3, -0.25) is 14.2 Å². The number of hydrogen-bond acceptors (Lipinski definition) is 5. The molecule has 2 aliphatic rings. The molecular formula is C19H26ClN5O3. The Labute approximate surface area is 169 Å². The monoisotopic (exact) mass is 407 g/mol. The Balaban J connectivity index is 0.00000225. The number of aromatic nitrogens is 3. The van der Waals surface area contributed by atoms with Gasteiger partial charge in [-0.05, 0) is 37.3 Å². The number of hydrogen-bond donors (Lipinski definition) is 3. The maximum absolute atomic E-state index is 13.0. The Morgan fingerprint density at radius 1 is 1.43 bits per heavy atom. The molecule has 0 atom stereocenters. The molecule has 1 amide bonds. The first kappa shape index (κ1) is 20.4. The summed E-state index contributed by atoms with van der Waals surface area (Å²) in [6.07, 6.45) is 4.82. The van der Waals surface area contributed by atoms with Crippen LogP contribution in [0.4, 0.5) is 0 Å². The van der Waals surface area contributed by atoms with Crippen LogP contribution in [0.3, 0.4) is 0 Å². The zero-order chi connectivity index (χ0) is 19.1. The van der Waals surface area contributed by atoms with E-state index in [2.05, 4.69) is 21.8 Å². The third kappa shape index (κ3) is 3.79. The Morgan fingerprint density at radius 3 is 2.79 bits per heavy atom. The molecule has 1 aliphatic heterocycles. The number of carbonyl (C=O) groups excluding carboxylic acids is 1. The van der Waals surface area contributed by atoms with Crippen molar-refractivity contribution in [1.82, 2.24) is 24.8 Å². The van der Waals surface area contributed by atoms with Crippen molar-refractivity contribution in [2.45, 2.75) is 45.7 Å². The lowest BCUT2D eigenvalue weighted by Crippen LogP contribution is -2.34. The summed E-state index contributed by atoms with van der Waals surface area (Å²) in [5.41, 5.74) is 1.38. The molecule has 8 nitrogen and oxygen atoms in total. The zero-order valence-electron chi connectivity index (χ0n) is 16.1. The third-order valence-corrected chi connectivity index (χ3v) is 4.90. The van der Waals surface area contributed by atoms with E-state index in [-0.39, 0.29) is 35.8 Å². The maximum atomic E-state index is 13.0. The van der Waals surface area contributed by atoms with Crippen LogP contribution in [-0.2, 0) is 6.54 Å². The van der Waals surface area contributed by atoms with E-state index in [4.69, 9.17) is 0 Å². The average molecular weight is 408 g/mol. The van der Waals surface area contributed by atoms with Crippen LogP contribution in [0, 0.1) is 5.92 Å². The molecule has 0 bridgehead atoms. The van der Waals surface area contributed by atoms with E-state index in [1.807, 2.05) is 19.9 Å². The minimum absolute atomic E-state index is 0. The summed E-state index contributed by atoms with van der Waals surface area (Å²) in [4.78, 5) is 25.5. The largest absolute Gasteiger partial charge is 0.494 e. The van der Waals surface area contributed by atoms with Crippen molar-refractivity contribution >= 4 is 29.5 Å². The molecule has 0 unspecified atom stereocenters. The lowest BCUT2D eigenvalue weighted by atomic mass is 10.1. The molecule has 28 heavy (non-hydrogen) atoms. The molecule has 3 heterocycles. The molecule has 1 fully saturated rings. The fraction of sp³-hybridized carbons (Fsp3) is 0.526. The van der Waals surface area contributed by atoms with Crippen molar-refractivity contribution in [1.29, 1.82) is 0 Å². The summed E-state index contributed by atoms with van der Waals surface area (Å²) in [5, 5.41) is 21.3. The van der Waals surface area contributed by atoms with Gasteiger partial charge in [-0.15, -0.1) is 12.4 Å². The number of amides is 1. The summed E-state index contributed by atoms with van der Waals surface area (Å²) >= 11 is 0. The second-order valence-electron chi connectivity index (χ2n) is 7.75. The molecule has 1 saturated carbocycles. The van der Waals surface area contributed by atoms with Gasteiger partial charge < -0.3 is 15.7 Å². The highest BCUT2D eigenvalue weighted by molar-refractivity contribution is 5.96. The fourth-order valence-electron chi connectivity index (χ4n) is 3.38. The van der Waals surface area contributed by atoms with Gasteiger partial charge in [-0.25, -0.2) is 0 Å². The van der Waals surface area contributed by atoms with E-state index in [1.165, 1.54) is 4.52 Å². The molecule has 0 spiro atoms.